The van der Waals surface area contributed by atoms with E-state index in [1.54, 1.807) is 18.6 Å². The quantitative estimate of drug-likeness (QED) is 0.394. The maximum Gasteiger partial charge on any atom is 0.410 e. The summed E-state index contributed by atoms with van der Waals surface area (Å²) in [6.45, 7) is 5.69. The van der Waals surface area contributed by atoms with Crippen LogP contribution in [-0.4, -0.2) is 72.4 Å². The van der Waals surface area contributed by atoms with Crippen LogP contribution >= 0.6 is 0 Å². The summed E-state index contributed by atoms with van der Waals surface area (Å²) in [5, 5.41) is 23.4. The smallest absolute Gasteiger partial charge is 0.410 e. The average molecular weight is 519 g/mol. The summed E-state index contributed by atoms with van der Waals surface area (Å²) in [6.07, 6.45) is 8.30. The summed E-state index contributed by atoms with van der Waals surface area (Å²) in [6, 6.07) is 5.78. The Bertz CT molecular complexity index is 1450. The normalized spacial score (nSPS) is 21.2. The third kappa shape index (κ3) is 4.25. The number of carbonyl (C=O) groups excluding carboxylic acids is 1. The Kier molecular flexibility index (Phi) is 5.81. The molecule has 2 saturated heterocycles. The summed E-state index contributed by atoms with van der Waals surface area (Å²) < 4.78 is 20.9. The minimum atomic E-state index is -0.508. The number of H-pyrrole nitrogens is 2. The lowest BCUT2D eigenvalue weighted by molar-refractivity contribution is 0.00597. The van der Waals surface area contributed by atoms with Gasteiger partial charge in [0.05, 0.1) is 23.6 Å². The van der Waals surface area contributed by atoms with Crippen molar-refractivity contribution in [3.63, 3.8) is 0 Å². The molecule has 2 bridgehead atoms. The lowest BCUT2D eigenvalue weighted by atomic mass is 9.96. The van der Waals surface area contributed by atoms with Gasteiger partial charge in [-0.15, -0.1) is 10.2 Å². The van der Waals surface area contributed by atoms with Gasteiger partial charge in [-0.25, -0.2) is 9.18 Å². The Labute approximate surface area is 219 Å². The minimum Gasteiger partial charge on any atom is -0.444 e. The first kappa shape index (κ1) is 24.3. The average Bonchev–Trinajstić information content (AvgIpc) is 3.62. The highest BCUT2D eigenvalue weighted by Gasteiger charge is 2.46. The fourth-order valence-electron chi connectivity index (χ4n) is 5.89. The molecule has 10 nitrogen and oxygen atoms in total. The van der Waals surface area contributed by atoms with Crippen LogP contribution in [0.2, 0.25) is 0 Å². The molecule has 2 aliphatic heterocycles. The molecule has 2 fully saturated rings. The Morgan fingerprint density at radius 3 is 2.53 bits per heavy atom. The lowest BCUT2D eigenvalue weighted by Gasteiger charge is -2.42. The molecule has 4 aromatic rings. The van der Waals surface area contributed by atoms with Crippen molar-refractivity contribution in [2.45, 2.75) is 70.2 Å². The van der Waals surface area contributed by atoms with E-state index in [0.717, 1.165) is 31.5 Å². The van der Waals surface area contributed by atoms with Crippen LogP contribution in [0.5, 0.6) is 0 Å². The number of halogens is 1. The zero-order valence-corrected chi connectivity index (χ0v) is 21.9. The number of hydrogen-bond donors (Lipinski definition) is 2. The standard InChI is InChI=1S/C27H31FN8O2/c1-27(2,3)38-26(37)36-16-5-6-17(36)10-18(9-16)35(4)23-8-7-22(32-33-23)19-11-21(28)24(15-12-29-30-13-15)20-14-31-34-25(19)20/h7-8,11-14,16-18H,5-6,9-10H2,1-4H3,(H,29,30)(H,31,34)/t16-,17+,18?. The van der Waals surface area contributed by atoms with Gasteiger partial charge >= 0.3 is 6.09 Å². The van der Waals surface area contributed by atoms with Crippen LogP contribution in [0.25, 0.3) is 33.3 Å². The van der Waals surface area contributed by atoms with Crippen molar-refractivity contribution in [3.8, 4) is 22.4 Å². The number of hydrogen-bond acceptors (Lipinski definition) is 7. The molecule has 0 aliphatic carbocycles. The number of fused-ring (bicyclic) bond motifs is 3. The van der Waals surface area contributed by atoms with Crippen molar-refractivity contribution in [1.82, 2.24) is 35.5 Å². The molecule has 3 aromatic heterocycles. The van der Waals surface area contributed by atoms with Crippen molar-refractivity contribution in [2.75, 3.05) is 11.9 Å². The van der Waals surface area contributed by atoms with Gasteiger partial charge in [0, 0.05) is 53.4 Å². The van der Waals surface area contributed by atoms with Crippen molar-refractivity contribution < 1.29 is 13.9 Å². The van der Waals surface area contributed by atoms with Gasteiger partial charge in [0.1, 0.15) is 11.4 Å². The Morgan fingerprint density at radius 2 is 1.89 bits per heavy atom. The molecule has 3 atom stereocenters. The van der Waals surface area contributed by atoms with Crippen LogP contribution in [0.3, 0.4) is 0 Å². The van der Waals surface area contributed by atoms with E-state index in [9.17, 15) is 4.79 Å². The topological polar surface area (TPSA) is 116 Å². The van der Waals surface area contributed by atoms with Gasteiger partial charge in [0.25, 0.3) is 0 Å². The number of anilines is 1. The van der Waals surface area contributed by atoms with Crippen molar-refractivity contribution >= 4 is 22.8 Å². The first-order chi connectivity index (χ1) is 18.2. The second-order valence-electron chi connectivity index (χ2n) is 11.2. The largest absolute Gasteiger partial charge is 0.444 e. The molecule has 1 aromatic carbocycles. The van der Waals surface area contributed by atoms with E-state index in [1.165, 1.54) is 6.07 Å². The van der Waals surface area contributed by atoms with E-state index >= 15 is 4.39 Å². The number of nitrogens with zero attached hydrogens (tertiary/aromatic N) is 6. The van der Waals surface area contributed by atoms with E-state index in [-0.39, 0.29) is 30.0 Å². The second-order valence-corrected chi connectivity index (χ2v) is 11.2. The number of amides is 1. The highest BCUT2D eigenvalue weighted by Crippen LogP contribution is 2.40. The molecule has 0 radical (unpaired) electrons. The fraction of sp³-hybridized carbons (Fsp3) is 0.444. The molecule has 1 amide bonds. The maximum atomic E-state index is 15.2. The highest BCUT2D eigenvalue weighted by molar-refractivity contribution is 6.02. The molecular weight excluding hydrogens is 487 g/mol. The first-order valence-corrected chi connectivity index (χ1v) is 12.9. The van der Waals surface area contributed by atoms with Gasteiger partial charge in [-0.2, -0.15) is 10.2 Å². The second kappa shape index (κ2) is 9.07. The molecule has 0 spiro atoms. The van der Waals surface area contributed by atoms with Crippen molar-refractivity contribution in [1.29, 1.82) is 0 Å². The van der Waals surface area contributed by atoms with E-state index < -0.39 is 5.60 Å². The summed E-state index contributed by atoms with van der Waals surface area (Å²) in [4.78, 5) is 16.9. The molecule has 2 aliphatic rings. The summed E-state index contributed by atoms with van der Waals surface area (Å²) >= 11 is 0. The number of rotatable bonds is 4. The lowest BCUT2D eigenvalue weighted by Crippen LogP contribution is -2.53. The van der Waals surface area contributed by atoms with E-state index in [1.807, 2.05) is 44.9 Å². The van der Waals surface area contributed by atoms with Crippen LogP contribution in [0, 0.1) is 5.82 Å². The van der Waals surface area contributed by atoms with Gasteiger partial charge in [-0.05, 0) is 64.7 Å². The summed E-state index contributed by atoms with van der Waals surface area (Å²) in [7, 11) is 2.02. The van der Waals surface area contributed by atoms with Crippen LogP contribution in [0.4, 0.5) is 15.0 Å². The van der Waals surface area contributed by atoms with Crippen molar-refractivity contribution in [3.05, 3.63) is 42.6 Å². The van der Waals surface area contributed by atoms with Gasteiger partial charge in [0.2, 0.25) is 0 Å². The number of carbonyl (C=O) groups is 1. The zero-order chi connectivity index (χ0) is 26.6. The van der Waals surface area contributed by atoms with E-state index in [2.05, 4.69) is 35.5 Å². The molecule has 0 saturated carbocycles. The number of nitrogens with one attached hydrogen (secondary N) is 2. The molecule has 2 N–H and O–H groups in total. The molecule has 5 heterocycles. The van der Waals surface area contributed by atoms with Gasteiger partial charge in [-0.1, -0.05) is 0 Å². The van der Waals surface area contributed by atoms with E-state index in [0.29, 0.717) is 33.3 Å². The molecule has 1 unspecified atom stereocenters. The third-order valence-corrected chi connectivity index (χ3v) is 7.62. The Morgan fingerprint density at radius 1 is 1.13 bits per heavy atom. The molecule has 38 heavy (non-hydrogen) atoms. The molecule has 198 valence electrons. The maximum absolute atomic E-state index is 15.2. The summed E-state index contributed by atoms with van der Waals surface area (Å²) in [5.74, 6) is 0.353. The van der Waals surface area contributed by atoms with Crippen molar-refractivity contribution in [2.24, 2.45) is 0 Å². The summed E-state index contributed by atoms with van der Waals surface area (Å²) in [5.41, 5.74) is 2.40. The van der Waals surface area contributed by atoms with Crippen LogP contribution in [0.15, 0.2) is 36.8 Å². The van der Waals surface area contributed by atoms with Gasteiger partial charge < -0.3 is 14.5 Å². The molecular formula is C27H31FN8O2. The number of piperidine rings is 1. The number of aromatic amines is 2. The molecule has 6 rings (SSSR count). The number of benzene rings is 1. The Hall–Kier alpha value is -4.02. The number of aromatic nitrogens is 6. The number of ether oxygens (including phenoxy) is 1. The monoisotopic (exact) mass is 518 g/mol. The SMILES string of the molecule is CN(c1ccc(-c2cc(F)c(-c3cn[nH]c3)c3cn[nH]c23)nn1)C1C[C@H]2CC[C@@H](C1)N2C(=O)OC(C)(C)C. The fourth-order valence-corrected chi connectivity index (χ4v) is 5.89. The van der Waals surface area contributed by atoms with Gasteiger partial charge in [0.15, 0.2) is 5.82 Å². The van der Waals surface area contributed by atoms with Crippen LogP contribution in [0.1, 0.15) is 46.5 Å². The highest BCUT2D eigenvalue weighted by atomic mass is 19.1. The Balaban J connectivity index is 1.21. The van der Waals surface area contributed by atoms with Crippen LogP contribution in [-0.2, 0) is 4.74 Å². The predicted octanol–water partition coefficient (Wildman–Crippen LogP) is 4.92. The zero-order valence-electron chi connectivity index (χ0n) is 21.9. The van der Waals surface area contributed by atoms with Crippen LogP contribution < -0.4 is 4.90 Å². The van der Waals surface area contributed by atoms with E-state index in [4.69, 9.17) is 4.74 Å². The third-order valence-electron chi connectivity index (χ3n) is 7.62. The molecule has 11 heteroatoms. The van der Waals surface area contributed by atoms with Gasteiger partial charge in [-0.3, -0.25) is 10.2 Å². The first-order valence-electron chi connectivity index (χ1n) is 12.9. The predicted molar refractivity (Wildman–Crippen MR) is 141 cm³/mol. The minimum absolute atomic E-state index is 0.161.